The molecule has 0 amide bonds. The summed E-state index contributed by atoms with van der Waals surface area (Å²) in [4.78, 5) is 0. The zero-order chi connectivity index (χ0) is 17.2. The van der Waals surface area contributed by atoms with Gasteiger partial charge in [0.2, 0.25) is 0 Å². The normalized spacial score (nSPS) is 12.0. The highest BCUT2D eigenvalue weighted by atomic mass is 14.3. The van der Waals surface area contributed by atoms with Gasteiger partial charge in [-0.2, -0.15) is 0 Å². The zero-order valence-electron chi connectivity index (χ0n) is 16.7. The van der Waals surface area contributed by atoms with E-state index < -0.39 is 0 Å². The lowest BCUT2D eigenvalue weighted by molar-refractivity contribution is 0.559. The van der Waals surface area contributed by atoms with E-state index in [0.717, 1.165) is 6.42 Å². The molecule has 0 aliphatic heterocycles. The summed E-state index contributed by atoms with van der Waals surface area (Å²) >= 11 is 0. The van der Waals surface area contributed by atoms with Gasteiger partial charge in [0, 0.05) is 0 Å². The molecule has 0 heterocycles. The van der Waals surface area contributed by atoms with Gasteiger partial charge in [-0.05, 0) is 71.4 Å². The van der Waals surface area contributed by atoms with Crippen LogP contribution in [0.2, 0.25) is 0 Å². The highest BCUT2D eigenvalue weighted by Crippen LogP contribution is 2.39. The fourth-order valence-electron chi connectivity index (χ4n) is 3.80. The maximum atomic E-state index is 2.34. The average molecular weight is 291 g/mol. The number of benzene rings is 1. The second kappa shape index (κ2) is 6.99. The second-order valence-corrected chi connectivity index (χ2v) is 7.96. The molecule has 0 aliphatic carbocycles. The summed E-state index contributed by atoms with van der Waals surface area (Å²) in [6.45, 7) is 27.2. The third-order valence-electron chi connectivity index (χ3n) is 4.30. The Morgan fingerprint density at radius 3 is 1.24 bits per heavy atom. The lowest BCUT2D eigenvalue weighted by atomic mass is 9.71. The molecule has 1 aromatic carbocycles. The van der Waals surface area contributed by atoms with Crippen LogP contribution < -0.4 is 0 Å². The molecule has 0 spiro atoms. The molecule has 0 saturated heterocycles. The number of rotatable bonds is 1. The molecule has 0 atom stereocenters. The van der Waals surface area contributed by atoms with E-state index in [2.05, 4.69) is 69.2 Å². The number of hydrogen-bond donors (Lipinski definition) is 0. The maximum absolute atomic E-state index is 2.34. The average Bonchev–Trinajstić information content (AvgIpc) is 2.32. The molecule has 0 radical (unpaired) electrons. The molecule has 1 rings (SSSR count). The van der Waals surface area contributed by atoms with Gasteiger partial charge in [0.1, 0.15) is 0 Å². The Balaban J connectivity index is 0.00000191. The van der Waals surface area contributed by atoms with Crippen molar-refractivity contribution in [3.63, 3.8) is 0 Å². The summed E-state index contributed by atoms with van der Waals surface area (Å²) in [5.74, 6) is 0. The van der Waals surface area contributed by atoms with Gasteiger partial charge in [-0.25, -0.2) is 0 Å². The molecule has 122 valence electrons. The summed E-state index contributed by atoms with van der Waals surface area (Å²) in [5, 5.41) is 0. The summed E-state index contributed by atoms with van der Waals surface area (Å²) in [6, 6.07) is 0. The van der Waals surface area contributed by atoms with Gasteiger partial charge in [-0.15, -0.1) is 0 Å². The Labute approximate surface area is 134 Å². The van der Waals surface area contributed by atoms with Crippen molar-refractivity contribution in [2.45, 2.75) is 100 Å². The van der Waals surface area contributed by atoms with Crippen LogP contribution in [0.25, 0.3) is 0 Å². The van der Waals surface area contributed by atoms with Crippen molar-refractivity contribution in [1.82, 2.24) is 0 Å². The van der Waals surface area contributed by atoms with Gasteiger partial charge in [0.25, 0.3) is 0 Å². The van der Waals surface area contributed by atoms with Gasteiger partial charge >= 0.3 is 0 Å². The van der Waals surface area contributed by atoms with Crippen LogP contribution in [0.1, 0.15) is 95.7 Å². The molecule has 1 aromatic rings. The minimum Gasteiger partial charge on any atom is -0.0683 e. The molecule has 0 N–H and O–H groups in total. The van der Waals surface area contributed by atoms with E-state index in [1.54, 1.807) is 16.7 Å². The number of hydrogen-bond acceptors (Lipinski definition) is 0. The van der Waals surface area contributed by atoms with Crippen LogP contribution >= 0.6 is 0 Å². The third-order valence-corrected chi connectivity index (χ3v) is 4.30. The molecule has 0 aliphatic rings. The van der Waals surface area contributed by atoms with E-state index in [1.165, 1.54) is 16.7 Å². The van der Waals surface area contributed by atoms with Crippen LogP contribution in [0.5, 0.6) is 0 Å². The predicted octanol–water partition coefficient (Wildman–Crippen LogP) is 6.80. The zero-order valence-corrected chi connectivity index (χ0v) is 16.7. The van der Waals surface area contributed by atoms with Crippen LogP contribution in [-0.4, -0.2) is 0 Å². The van der Waals surface area contributed by atoms with Crippen LogP contribution in [-0.2, 0) is 17.3 Å². The van der Waals surface area contributed by atoms with E-state index >= 15 is 0 Å². The SMILES string of the molecule is CC.CCc1c(C)c(C(C)(C)C)c(C)c(C)c1C(C)(C)C. The highest BCUT2D eigenvalue weighted by Gasteiger charge is 2.28. The molecule has 0 nitrogen and oxygen atoms in total. The molecule has 0 saturated carbocycles. The lowest BCUT2D eigenvalue weighted by Gasteiger charge is -2.34. The molecular formula is C21H38. The molecule has 21 heavy (non-hydrogen) atoms. The van der Waals surface area contributed by atoms with Crippen molar-refractivity contribution in [3.8, 4) is 0 Å². The molecule has 0 fully saturated rings. The van der Waals surface area contributed by atoms with E-state index in [1.807, 2.05) is 13.8 Å². The van der Waals surface area contributed by atoms with Crippen molar-refractivity contribution in [2.75, 3.05) is 0 Å². The van der Waals surface area contributed by atoms with E-state index in [0.29, 0.717) is 0 Å². The first-order chi connectivity index (χ1) is 9.42. The summed E-state index contributed by atoms with van der Waals surface area (Å²) < 4.78 is 0. The van der Waals surface area contributed by atoms with Crippen molar-refractivity contribution in [2.24, 2.45) is 0 Å². The molecule has 0 bridgehead atoms. The van der Waals surface area contributed by atoms with Crippen molar-refractivity contribution < 1.29 is 0 Å². The standard InChI is InChI=1S/C19H32.C2H6/c1-11-15-14(4)16(18(5,6)7)12(2)13(3)17(15)19(8,9)10;1-2/h11H2,1-10H3;1-2H3. The third kappa shape index (κ3) is 4.11. The Morgan fingerprint density at radius 2 is 0.952 bits per heavy atom. The Morgan fingerprint density at radius 1 is 0.619 bits per heavy atom. The van der Waals surface area contributed by atoms with Crippen molar-refractivity contribution in [3.05, 3.63) is 33.4 Å². The smallest absolute Gasteiger partial charge is 0.0126 e. The first-order valence-electron chi connectivity index (χ1n) is 8.56. The first-order valence-corrected chi connectivity index (χ1v) is 8.56. The van der Waals surface area contributed by atoms with Gasteiger partial charge < -0.3 is 0 Å². The summed E-state index contributed by atoms with van der Waals surface area (Å²) in [5.41, 5.74) is 9.64. The molecule has 0 unspecified atom stereocenters. The fourth-order valence-corrected chi connectivity index (χ4v) is 3.80. The second-order valence-electron chi connectivity index (χ2n) is 7.96. The summed E-state index contributed by atoms with van der Waals surface area (Å²) in [6.07, 6.45) is 1.13. The van der Waals surface area contributed by atoms with Crippen molar-refractivity contribution >= 4 is 0 Å². The van der Waals surface area contributed by atoms with E-state index in [4.69, 9.17) is 0 Å². The van der Waals surface area contributed by atoms with E-state index in [9.17, 15) is 0 Å². The van der Waals surface area contributed by atoms with Crippen molar-refractivity contribution in [1.29, 1.82) is 0 Å². The highest BCUT2D eigenvalue weighted by molar-refractivity contribution is 5.55. The monoisotopic (exact) mass is 290 g/mol. The molecule has 0 aromatic heterocycles. The topological polar surface area (TPSA) is 0 Å². The fraction of sp³-hybridized carbons (Fsp3) is 0.714. The lowest BCUT2D eigenvalue weighted by Crippen LogP contribution is -2.23. The van der Waals surface area contributed by atoms with Gasteiger partial charge in [-0.1, -0.05) is 62.3 Å². The van der Waals surface area contributed by atoms with Crippen LogP contribution in [0.15, 0.2) is 0 Å². The summed E-state index contributed by atoms with van der Waals surface area (Å²) in [7, 11) is 0. The molecular weight excluding hydrogens is 252 g/mol. The molecule has 0 heteroatoms. The van der Waals surface area contributed by atoms with Gasteiger partial charge in [-0.3, -0.25) is 0 Å². The van der Waals surface area contributed by atoms with Crippen LogP contribution in [0.4, 0.5) is 0 Å². The maximum Gasteiger partial charge on any atom is -0.0126 e. The van der Waals surface area contributed by atoms with Crippen LogP contribution in [0.3, 0.4) is 0 Å². The minimum atomic E-state index is 0.221. The largest absolute Gasteiger partial charge is 0.0683 e. The quantitative estimate of drug-likeness (QED) is 0.534. The van der Waals surface area contributed by atoms with Gasteiger partial charge in [0.15, 0.2) is 0 Å². The Kier molecular flexibility index (Phi) is 6.73. The Hall–Kier alpha value is -0.780. The van der Waals surface area contributed by atoms with Crippen LogP contribution in [0, 0.1) is 20.8 Å². The predicted molar refractivity (Wildman–Crippen MR) is 98.8 cm³/mol. The Bertz CT molecular complexity index is 476. The van der Waals surface area contributed by atoms with E-state index in [-0.39, 0.29) is 10.8 Å². The first kappa shape index (κ1) is 20.2. The van der Waals surface area contributed by atoms with Gasteiger partial charge in [0.05, 0.1) is 0 Å². The minimum absolute atomic E-state index is 0.221.